The van der Waals surface area contributed by atoms with Crippen LogP contribution in [0.15, 0.2) is 12.1 Å². The standard InChI is InChI=1S/C17H26O4P/c1-7-20-22(19)21-15(8-11(2)3)17(18)16-13(5)9-12(4)10-14(16)6/h9-11,15H,7-8H2,1-6H3. The molecule has 0 saturated heterocycles. The van der Waals surface area contributed by atoms with Crippen molar-refractivity contribution in [3.8, 4) is 0 Å². The van der Waals surface area contributed by atoms with Crippen molar-refractivity contribution in [2.75, 3.05) is 6.61 Å². The SMILES string of the molecule is CCO[P](=O)OC(CC(C)C)C(=O)c1c(C)cc(C)cc1C. The van der Waals surface area contributed by atoms with E-state index in [2.05, 4.69) is 0 Å². The number of Topliss-reactive ketones (excluding diaryl/α,β-unsaturated/α-hetero) is 1. The number of benzene rings is 1. The quantitative estimate of drug-likeness (QED) is 0.503. The minimum Gasteiger partial charge on any atom is -0.291 e. The summed E-state index contributed by atoms with van der Waals surface area (Å²) in [5.74, 6) is 0.136. The number of hydrogen-bond donors (Lipinski definition) is 0. The molecular weight excluding hydrogens is 299 g/mol. The van der Waals surface area contributed by atoms with Crippen LogP contribution in [0.4, 0.5) is 0 Å². The number of carbonyl (C=O) groups excluding carboxylic acids is 1. The molecule has 0 aliphatic rings. The molecule has 1 rings (SSSR count). The molecule has 0 aliphatic carbocycles. The minimum absolute atomic E-state index is 0.119. The maximum absolute atomic E-state index is 12.9. The maximum atomic E-state index is 12.9. The highest BCUT2D eigenvalue weighted by molar-refractivity contribution is 7.33. The van der Waals surface area contributed by atoms with Gasteiger partial charge in [-0.1, -0.05) is 31.5 Å². The van der Waals surface area contributed by atoms with Crippen molar-refractivity contribution in [3.63, 3.8) is 0 Å². The van der Waals surface area contributed by atoms with Crippen molar-refractivity contribution >= 4 is 14.0 Å². The predicted octanol–water partition coefficient (Wildman–Crippen LogP) is 4.92. The van der Waals surface area contributed by atoms with Gasteiger partial charge in [0.1, 0.15) is 6.10 Å². The van der Waals surface area contributed by atoms with Gasteiger partial charge in [0.15, 0.2) is 5.78 Å². The summed E-state index contributed by atoms with van der Waals surface area (Å²) in [5, 5.41) is 0. The highest BCUT2D eigenvalue weighted by Gasteiger charge is 2.27. The number of hydrogen-bond acceptors (Lipinski definition) is 4. The Morgan fingerprint density at radius 1 is 1.18 bits per heavy atom. The summed E-state index contributed by atoms with van der Waals surface area (Å²) in [6.45, 7) is 11.9. The number of rotatable bonds is 8. The number of ketones is 1. The first kappa shape index (κ1) is 19.0. The van der Waals surface area contributed by atoms with Gasteiger partial charge in [-0.25, -0.2) is 4.57 Å². The van der Waals surface area contributed by atoms with E-state index in [4.69, 9.17) is 9.05 Å². The molecule has 1 radical (unpaired) electrons. The van der Waals surface area contributed by atoms with Crippen molar-refractivity contribution in [3.05, 3.63) is 34.4 Å². The third-order valence-electron chi connectivity index (χ3n) is 3.35. The van der Waals surface area contributed by atoms with Crippen LogP contribution < -0.4 is 0 Å². The Balaban J connectivity index is 3.08. The highest BCUT2D eigenvalue weighted by Crippen LogP contribution is 2.31. The van der Waals surface area contributed by atoms with Crippen molar-refractivity contribution in [1.29, 1.82) is 0 Å². The molecule has 123 valence electrons. The lowest BCUT2D eigenvalue weighted by atomic mass is 9.91. The van der Waals surface area contributed by atoms with E-state index in [1.165, 1.54) is 0 Å². The normalized spacial score (nSPS) is 13.3. The average molecular weight is 325 g/mol. The summed E-state index contributed by atoms with van der Waals surface area (Å²) in [6.07, 6.45) is -0.227. The van der Waals surface area contributed by atoms with Crippen molar-refractivity contribution in [2.24, 2.45) is 5.92 Å². The molecule has 4 nitrogen and oxygen atoms in total. The van der Waals surface area contributed by atoms with Crippen LogP contribution in [0.1, 0.15) is 54.2 Å². The molecule has 2 atom stereocenters. The van der Waals surface area contributed by atoms with Crippen LogP contribution in [0.2, 0.25) is 0 Å². The van der Waals surface area contributed by atoms with Gasteiger partial charge >= 0.3 is 8.25 Å². The predicted molar refractivity (Wildman–Crippen MR) is 88.5 cm³/mol. The largest absolute Gasteiger partial charge is 0.369 e. The molecular formula is C17H26O4P. The zero-order chi connectivity index (χ0) is 16.9. The van der Waals surface area contributed by atoms with E-state index in [1.807, 2.05) is 46.8 Å². The summed E-state index contributed by atoms with van der Waals surface area (Å²) < 4.78 is 22.1. The van der Waals surface area contributed by atoms with E-state index in [9.17, 15) is 9.36 Å². The van der Waals surface area contributed by atoms with Crippen LogP contribution in [0, 0.1) is 26.7 Å². The summed E-state index contributed by atoms with van der Waals surface area (Å²) in [5.41, 5.74) is 3.63. The monoisotopic (exact) mass is 325 g/mol. The number of aryl methyl sites for hydroxylation is 3. The lowest BCUT2D eigenvalue weighted by molar-refractivity contribution is 0.0728. The molecule has 5 heteroatoms. The van der Waals surface area contributed by atoms with E-state index in [0.717, 1.165) is 16.7 Å². The molecule has 0 spiro atoms. The molecule has 0 bridgehead atoms. The Hall–Kier alpha value is -1.09. The molecule has 0 N–H and O–H groups in total. The third kappa shape index (κ3) is 5.28. The molecule has 0 amide bonds. The lowest BCUT2D eigenvalue weighted by Gasteiger charge is -2.19. The van der Waals surface area contributed by atoms with Gasteiger partial charge in [-0.05, 0) is 51.2 Å². The van der Waals surface area contributed by atoms with Gasteiger partial charge in [-0.3, -0.25) is 13.8 Å². The van der Waals surface area contributed by atoms with Crippen molar-refractivity contribution < 1.29 is 18.4 Å². The zero-order valence-electron chi connectivity index (χ0n) is 14.3. The van der Waals surface area contributed by atoms with E-state index in [1.54, 1.807) is 6.92 Å². The van der Waals surface area contributed by atoms with Gasteiger partial charge in [-0.2, -0.15) is 0 Å². The van der Waals surface area contributed by atoms with Gasteiger partial charge in [0.2, 0.25) is 0 Å². The zero-order valence-corrected chi connectivity index (χ0v) is 15.2. The second kappa shape index (κ2) is 8.52. The molecule has 1 aromatic rings. The van der Waals surface area contributed by atoms with Crippen LogP contribution >= 0.6 is 8.25 Å². The van der Waals surface area contributed by atoms with Gasteiger partial charge in [0, 0.05) is 5.56 Å². The summed E-state index contributed by atoms with van der Waals surface area (Å²) in [7, 11) is -2.27. The van der Waals surface area contributed by atoms with E-state index in [-0.39, 0.29) is 11.7 Å². The smallest absolute Gasteiger partial charge is 0.291 e. The van der Waals surface area contributed by atoms with Crippen LogP contribution in [0.25, 0.3) is 0 Å². The summed E-state index contributed by atoms with van der Waals surface area (Å²) >= 11 is 0. The van der Waals surface area contributed by atoms with Crippen molar-refractivity contribution in [2.45, 2.75) is 54.1 Å². The van der Waals surface area contributed by atoms with Gasteiger partial charge < -0.3 is 0 Å². The first-order valence-corrected chi connectivity index (χ1v) is 8.74. The van der Waals surface area contributed by atoms with Gasteiger partial charge in [-0.15, -0.1) is 0 Å². The van der Waals surface area contributed by atoms with Crippen LogP contribution in [-0.4, -0.2) is 18.5 Å². The Morgan fingerprint density at radius 2 is 1.73 bits per heavy atom. The fourth-order valence-corrected chi connectivity index (χ4v) is 3.26. The van der Waals surface area contributed by atoms with Crippen LogP contribution in [-0.2, 0) is 13.6 Å². The summed E-state index contributed by atoms with van der Waals surface area (Å²) in [6, 6.07) is 3.96. The molecule has 0 heterocycles. The molecule has 0 saturated carbocycles. The van der Waals surface area contributed by atoms with E-state index >= 15 is 0 Å². The Morgan fingerprint density at radius 3 is 2.18 bits per heavy atom. The Labute approximate surface area is 134 Å². The van der Waals surface area contributed by atoms with Crippen molar-refractivity contribution in [1.82, 2.24) is 0 Å². The Kier molecular flexibility index (Phi) is 7.34. The third-order valence-corrected chi connectivity index (χ3v) is 4.24. The lowest BCUT2D eigenvalue weighted by Crippen LogP contribution is -2.26. The van der Waals surface area contributed by atoms with E-state index < -0.39 is 14.4 Å². The summed E-state index contributed by atoms with van der Waals surface area (Å²) in [4.78, 5) is 12.9. The fourth-order valence-electron chi connectivity index (χ4n) is 2.60. The molecule has 0 aromatic heterocycles. The van der Waals surface area contributed by atoms with Gasteiger partial charge in [0.05, 0.1) is 6.61 Å². The molecule has 0 aliphatic heterocycles. The highest BCUT2D eigenvalue weighted by atomic mass is 31.1. The fraction of sp³-hybridized carbons (Fsp3) is 0.588. The average Bonchev–Trinajstić information content (AvgIpc) is 2.36. The molecule has 22 heavy (non-hydrogen) atoms. The number of carbonyl (C=O) groups is 1. The van der Waals surface area contributed by atoms with Crippen LogP contribution in [0.5, 0.6) is 0 Å². The van der Waals surface area contributed by atoms with E-state index in [0.29, 0.717) is 18.6 Å². The second-order valence-electron chi connectivity index (χ2n) is 6.00. The van der Waals surface area contributed by atoms with Crippen LogP contribution in [0.3, 0.4) is 0 Å². The first-order valence-electron chi connectivity index (χ1n) is 7.65. The topological polar surface area (TPSA) is 52.6 Å². The minimum atomic E-state index is -2.27. The van der Waals surface area contributed by atoms with Gasteiger partial charge in [0.25, 0.3) is 0 Å². The second-order valence-corrected chi connectivity index (χ2v) is 6.92. The first-order chi connectivity index (χ1) is 10.3. The maximum Gasteiger partial charge on any atom is 0.369 e. The molecule has 1 aromatic carbocycles. The Bertz CT molecular complexity index is 529. The molecule has 2 unspecified atom stereocenters. The molecule has 0 fully saturated rings.